The highest BCUT2D eigenvalue weighted by molar-refractivity contribution is 6.28. The highest BCUT2D eigenvalue weighted by atomic mass is 15.2. The molecule has 0 heterocycles. The van der Waals surface area contributed by atoms with Crippen molar-refractivity contribution < 1.29 is 0 Å². The zero-order chi connectivity index (χ0) is 35.6. The molecule has 0 bridgehead atoms. The Morgan fingerprint density at radius 2 is 0.706 bits per heavy atom. The monoisotopic (exact) mass is 659 g/mol. The van der Waals surface area contributed by atoms with Crippen LogP contribution in [0.25, 0.3) is 37.2 Å². The van der Waals surface area contributed by atoms with Crippen LogP contribution >= 0.6 is 0 Å². The van der Waals surface area contributed by atoms with Crippen molar-refractivity contribution in [3.8, 4) is 0 Å². The molecule has 0 aliphatic rings. The molecule has 3 nitrogen and oxygen atoms in total. The number of anilines is 6. The van der Waals surface area contributed by atoms with Crippen molar-refractivity contribution >= 4 is 72.1 Å². The fourth-order valence-corrected chi connectivity index (χ4v) is 8.07. The first-order chi connectivity index (χ1) is 24.6. The van der Waals surface area contributed by atoms with Gasteiger partial charge in [0.15, 0.2) is 5.69 Å². The number of hydrogen-bond donors (Lipinski definition) is 0. The van der Waals surface area contributed by atoms with Crippen LogP contribution in [0.5, 0.6) is 0 Å². The van der Waals surface area contributed by atoms with E-state index in [1.54, 1.807) is 0 Å². The highest BCUT2D eigenvalue weighted by Crippen LogP contribution is 2.49. The van der Waals surface area contributed by atoms with E-state index < -0.39 is 0 Å². The average molecular weight is 660 g/mol. The zero-order valence-corrected chi connectivity index (χ0v) is 30.4. The second kappa shape index (κ2) is 12.3. The Labute approximate surface area is 301 Å². The summed E-state index contributed by atoms with van der Waals surface area (Å²) < 4.78 is 0. The molecule has 3 heteroatoms. The number of benzene rings is 8. The topological polar surface area (TPSA) is 10.8 Å². The molecule has 8 aromatic carbocycles. The fraction of sp³-hybridized carbons (Fsp3) is 0.146. The first-order valence-electron chi connectivity index (χ1n) is 17.6. The molecule has 0 aromatic heterocycles. The van der Waals surface area contributed by atoms with Gasteiger partial charge < -0.3 is 9.80 Å². The van der Waals surface area contributed by atoms with E-state index in [9.17, 15) is 0 Å². The molecule has 248 valence electrons. The van der Waals surface area contributed by atoms with Crippen LogP contribution in [0, 0.1) is 55.0 Å². The summed E-state index contributed by atoms with van der Waals surface area (Å²) in [7, 11) is 0. The summed E-state index contributed by atoms with van der Waals surface area (Å²) >= 11 is 0. The Balaban J connectivity index is 1.43. The minimum absolute atomic E-state index is 0.650. The van der Waals surface area contributed by atoms with Gasteiger partial charge in [-0.2, -0.15) is 0 Å². The van der Waals surface area contributed by atoms with Crippen molar-refractivity contribution in [2.45, 2.75) is 48.5 Å². The molecular weight excluding hydrogens is 619 g/mol. The third-order valence-electron chi connectivity index (χ3n) is 10.4. The van der Waals surface area contributed by atoms with E-state index in [4.69, 9.17) is 6.57 Å². The second-order valence-electron chi connectivity index (χ2n) is 14.2. The zero-order valence-electron chi connectivity index (χ0n) is 30.4. The lowest BCUT2D eigenvalue weighted by Crippen LogP contribution is -2.14. The molecule has 0 saturated carbocycles. The number of rotatable bonds is 6. The molecule has 0 spiro atoms. The summed E-state index contributed by atoms with van der Waals surface area (Å²) in [5, 5.41) is 7.38. The molecule has 51 heavy (non-hydrogen) atoms. The molecule has 0 radical (unpaired) electrons. The van der Waals surface area contributed by atoms with Crippen molar-refractivity contribution in [3.05, 3.63) is 172 Å². The van der Waals surface area contributed by atoms with Crippen molar-refractivity contribution in [2.75, 3.05) is 9.80 Å². The minimum atomic E-state index is 0.650. The van der Waals surface area contributed by atoms with Gasteiger partial charge in [0.1, 0.15) is 0 Å². The molecule has 8 aromatic rings. The van der Waals surface area contributed by atoms with Crippen LogP contribution in [-0.4, -0.2) is 0 Å². The Morgan fingerprint density at radius 3 is 1.06 bits per heavy atom. The molecule has 0 fully saturated rings. The third kappa shape index (κ3) is 5.36. The maximum atomic E-state index is 7.64. The Kier molecular flexibility index (Phi) is 7.77. The Bertz CT molecular complexity index is 2640. The number of nitrogens with zero attached hydrogens (tertiary/aromatic N) is 3. The summed E-state index contributed by atoms with van der Waals surface area (Å²) in [6, 6.07) is 44.5. The van der Waals surface area contributed by atoms with Gasteiger partial charge in [-0.25, -0.2) is 4.85 Å². The molecule has 0 amide bonds. The smallest absolute Gasteiger partial charge is 0.187 e. The summed E-state index contributed by atoms with van der Waals surface area (Å²) in [5.41, 5.74) is 16.0. The normalized spacial score (nSPS) is 11.4. The van der Waals surface area contributed by atoms with E-state index in [2.05, 4.69) is 172 Å². The minimum Gasteiger partial charge on any atom is -0.309 e. The van der Waals surface area contributed by atoms with Crippen LogP contribution in [0.1, 0.15) is 38.9 Å². The van der Waals surface area contributed by atoms with Gasteiger partial charge in [0.05, 0.1) is 17.9 Å². The molecule has 8 rings (SSSR count). The van der Waals surface area contributed by atoms with Gasteiger partial charge in [-0.3, -0.25) is 0 Å². The van der Waals surface area contributed by atoms with Gasteiger partial charge in [-0.05, 0) is 129 Å². The summed E-state index contributed by atoms with van der Waals surface area (Å²) in [5.74, 6) is 0. The standard InChI is InChI=1S/C48H41N3/c1-29-9-19-41(32(4)25-29)50(42-20-10-30(2)26-33(42)5)45-22-14-36-13-18-40-46(23-15-37-12-17-39(45)47(36)48(37)40)51(43-21-11-31(3)27-34(43)6)44-24-16-38(49-8)28-35(44)7/h9-28H,1-7H3. The van der Waals surface area contributed by atoms with Gasteiger partial charge in [-0.15, -0.1) is 0 Å². The van der Waals surface area contributed by atoms with E-state index >= 15 is 0 Å². The predicted octanol–water partition coefficient (Wildman–Crippen LogP) is 14.2. The Morgan fingerprint density at radius 1 is 0.373 bits per heavy atom. The van der Waals surface area contributed by atoms with Gasteiger partial charge in [-0.1, -0.05) is 102 Å². The molecule has 0 N–H and O–H groups in total. The van der Waals surface area contributed by atoms with Crippen LogP contribution in [0.2, 0.25) is 0 Å². The molecule has 0 atom stereocenters. The average Bonchev–Trinajstić information content (AvgIpc) is 3.11. The van der Waals surface area contributed by atoms with Gasteiger partial charge in [0.25, 0.3) is 0 Å². The largest absolute Gasteiger partial charge is 0.309 e. The second-order valence-corrected chi connectivity index (χ2v) is 14.2. The van der Waals surface area contributed by atoms with E-state index in [-0.39, 0.29) is 0 Å². The van der Waals surface area contributed by atoms with Gasteiger partial charge in [0.2, 0.25) is 0 Å². The number of aryl methyl sites for hydroxylation is 7. The van der Waals surface area contributed by atoms with Crippen LogP contribution < -0.4 is 9.80 Å². The summed E-state index contributed by atoms with van der Waals surface area (Å²) in [6.45, 7) is 22.8. The van der Waals surface area contributed by atoms with E-state index in [0.717, 1.165) is 28.3 Å². The van der Waals surface area contributed by atoms with Crippen LogP contribution in [0.3, 0.4) is 0 Å². The lowest BCUT2D eigenvalue weighted by atomic mass is 9.91. The highest BCUT2D eigenvalue weighted by Gasteiger charge is 2.24. The van der Waals surface area contributed by atoms with Crippen LogP contribution in [0.4, 0.5) is 39.8 Å². The quantitative estimate of drug-likeness (QED) is 0.130. The van der Waals surface area contributed by atoms with Crippen molar-refractivity contribution in [1.29, 1.82) is 0 Å². The van der Waals surface area contributed by atoms with Crippen molar-refractivity contribution in [3.63, 3.8) is 0 Å². The van der Waals surface area contributed by atoms with Crippen molar-refractivity contribution in [1.82, 2.24) is 0 Å². The lowest BCUT2D eigenvalue weighted by molar-refractivity contribution is 1.22. The van der Waals surface area contributed by atoms with Crippen molar-refractivity contribution in [2.24, 2.45) is 0 Å². The van der Waals surface area contributed by atoms with E-state index in [0.29, 0.717) is 5.69 Å². The fourth-order valence-electron chi connectivity index (χ4n) is 8.07. The van der Waals surface area contributed by atoms with Gasteiger partial charge >= 0.3 is 0 Å². The first kappa shape index (κ1) is 32.1. The lowest BCUT2D eigenvalue weighted by Gasteiger charge is -2.32. The van der Waals surface area contributed by atoms with E-state index in [1.165, 1.54) is 77.1 Å². The maximum Gasteiger partial charge on any atom is 0.187 e. The number of hydrogen-bond acceptors (Lipinski definition) is 2. The molecule has 0 unspecified atom stereocenters. The molecule has 0 aliphatic carbocycles. The third-order valence-corrected chi connectivity index (χ3v) is 10.4. The maximum absolute atomic E-state index is 7.64. The summed E-state index contributed by atoms with van der Waals surface area (Å²) in [4.78, 5) is 8.57. The SMILES string of the molecule is [C-]#[N+]c1ccc(N(c2ccc(C)cc2C)c2ccc3ccc4c(N(c5ccc(C)cc5C)c5ccc(C)cc5C)ccc5ccc2c3c54)c(C)c1. The van der Waals surface area contributed by atoms with Crippen LogP contribution in [-0.2, 0) is 0 Å². The molecule has 0 saturated heterocycles. The summed E-state index contributed by atoms with van der Waals surface area (Å²) in [6.07, 6.45) is 0. The van der Waals surface area contributed by atoms with Gasteiger partial charge in [0, 0.05) is 33.5 Å². The predicted molar refractivity (Wildman–Crippen MR) is 219 cm³/mol. The van der Waals surface area contributed by atoms with E-state index in [1.807, 2.05) is 12.1 Å². The Hall–Kier alpha value is -6.11. The first-order valence-corrected chi connectivity index (χ1v) is 17.6. The molecular formula is C48H41N3. The molecule has 0 aliphatic heterocycles. The van der Waals surface area contributed by atoms with Crippen LogP contribution in [0.15, 0.2) is 121 Å².